The van der Waals surface area contributed by atoms with Crippen molar-refractivity contribution in [3.05, 3.63) is 0 Å². The summed E-state index contributed by atoms with van der Waals surface area (Å²) in [6, 6.07) is 0.329. The maximum atomic E-state index is 11.7. The molecule has 1 aliphatic carbocycles. The Balaban J connectivity index is 1.84. The SMILES string of the molecule is CC1(C(=O)O)CCN(C(=O)NC2CC2)CC1. The summed E-state index contributed by atoms with van der Waals surface area (Å²) >= 11 is 0. The number of carbonyl (C=O) groups is 2. The van der Waals surface area contributed by atoms with Crippen LogP contribution in [0.25, 0.3) is 0 Å². The molecule has 2 N–H and O–H groups in total. The largest absolute Gasteiger partial charge is 0.481 e. The zero-order valence-corrected chi connectivity index (χ0v) is 9.53. The number of amides is 2. The molecule has 2 amide bonds. The van der Waals surface area contributed by atoms with Crippen molar-refractivity contribution in [2.45, 2.75) is 38.6 Å². The summed E-state index contributed by atoms with van der Waals surface area (Å²) in [7, 11) is 0. The first kappa shape index (κ1) is 11.2. The van der Waals surface area contributed by atoms with Gasteiger partial charge in [0.1, 0.15) is 0 Å². The molecule has 1 heterocycles. The quantitative estimate of drug-likeness (QED) is 0.739. The van der Waals surface area contributed by atoms with Gasteiger partial charge in [0.05, 0.1) is 5.41 Å². The van der Waals surface area contributed by atoms with Crippen molar-refractivity contribution in [2.24, 2.45) is 5.41 Å². The molecule has 2 fully saturated rings. The summed E-state index contributed by atoms with van der Waals surface area (Å²) in [5.41, 5.74) is -0.656. The van der Waals surface area contributed by atoms with E-state index in [1.807, 2.05) is 0 Å². The Morgan fingerprint density at radius 1 is 1.31 bits per heavy atom. The molecule has 0 unspecified atom stereocenters. The van der Waals surface area contributed by atoms with Crippen LogP contribution in [0.1, 0.15) is 32.6 Å². The van der Waals surface area contributed by atoms with E-state index in [4.69, 9.17) is 5.11 Å². The second kappa shape index (κ2) is 3.96. The number of nitrogens with one attached hydrogen (secondary N) is 1. The molecule has 0 aromatic heterocycles. The first-order chi connectivity index (χ1) is 7.51. The number of rotatable bonds is 2. The molecule has 2 aliphatic rings. The minimum atomic E-state index is -0.755. The fourth-order valence-electron chi connectivity index (χ4n) is 1.91. The highest BCUT2D eigenvalue weighted by molar-refractivity contribution is 5.77. The Morgan fingerprint density at radius 3 is 2.31 bits per heavy atom. The summed E-state index contributed by atoms with van der Waals surface area (Å²) in [6.07, 6.45) is 3.24. The molecule has 0 atom stereocenters. The average molecular weight is 226 g/mol. The Bertz CT molecular complexity index is 304. The number of nitrogens with zero attached hydrogens (tertiary/aromatic N) is 1. The molecule has 5 heteroatoms. The van der Waals surface area contributed by atoms with E-state index in [1.54, 1.807) is 11.8 Å². The lowest BCUT2D eigenvalue weighted by Crippen LogP contribution is -2.49. The zero-order chi connectivity index (χ0) is 11.8. The normalized spacial score (nSPS) is 23.9. The number of likely N-dealkylation sites (tertiary alicyclic amines) is 1. The second-order valence-electron chi connectivity index (χ2n) is 5.08. The van der Waals surface area contributed by atoms with Gasteiger partial charge in [0, 0.05) is 19.1 Å². The highest BCUT2D eigenvalue weighted by atomic mass is 16.4. The van der Waals surface area contributed by atoms with Gasteiger partial charge in [0.15, 0.2) is 0 Å². The predicted octanol–water partition coefficient (Wildman–Crippen LogP) is 1.05. The molecular weight excluding hydrogens is 208 g/mol. The lowest BCUT2D eigenvalue weighted by Gasteiger charge is -2.36. The summed E-state index contributed by atoms with van der Waals surface area (Å²) in [5.74, 6) is -0.755. The van der Waals surface area contributed by atoms with Gasteiger partial charge in [0.2, 0.25) is 0 Å². The fourth-order valence-corrected chi connectivity index (χ4v) is 1.91. The number of carbonyl (C=O) groups excluding carboxylic acids is 1. The highest BCUT2D eigenvalue weighted by Gasteiger charge is 2.38. The minimum absolute atomic E-state index is 0.0325. The van der Waals surface area contributed by atoms with Crippen molar-refractivity contribution >= 4 is 12.0 Å². The van der Waals surface area contributed by atoms with Crippen LogP contribution in [0.4, 0.5) is 4.79 Å². The van der Waals surface area contributed by atoms with Crippen LogP contribution in [0.5, 0.6) is 0 Å². The van der Waals surface area contributed by atoms with Crippen molar-refractivity contribution in [1.29, 1.82) is 0 Å². The molecular formula is C11H18N2O3. The molecule has 0 spiro atoms. The number of piperidine rings is 1. The van der Waals surface area contributed by atoms with Crippen molar-refractivity contribution in [3.63, 3.8) is 0 Å². The predicted molar refractivity (Wildman–Crippen MR) is 58.1 cm³/mol. The molecule has 0 aromatic rings. The lowest BCUT2D eigenvalue weighted by molar-refractivity contribution is -0.150. The van der Waals surface area contributed by atoms with Gasteiger partial charge in [-0.3, -0.25) is 4.79 Å². The first-order valence-electron chi connectivity index (χ1n) is 5.80. The molecule has 16 heavy (non-hydrogen) atoms. The van der Waals surface area contributed by atoms with Crippen LogP contribution in [0, 0.1) is 5.41 Å². The maximum absolute atomic E-state index is 11.7. The Labute approximate surface area is 94.8 Å². The third kappa shape index (κ3) is 2.28. The van der Waals surface area contributed by atoms with E-state index in [9.17, 15) is 9.59 Å². The number of hydrogen-bond acceptors (Lipinski definition) is 2. The summed E-state index contributed by atoms with van der Waals surface area (Å²) in [6.45, 7) is 2.84. The van der Waals surface area contributed by atoms with Crippen LogP contribution >= 0.6 is 0 Å². The minimum Gasteiger partial charge on any atom is -0.481 e. The number of carboxylic acid groups (broad SMARTS) is 1. The first-order valence-corrected chi connectivity index (χ1v) is 5.80. The van der Waals surface area contributed by atoms with Gasteiger partial charge in [-0.05, 0) is 32.6 Å². The summed E-state index contributed by atoms with van der Waals surface area (Å²) in [5, 5.41) is 12.0. The van der Waals surface area contributed by atoms with Gasteiger partial charge in [-0.2, -0.15) is 0 Å². The smallest absolute Gasteiger partial charge is 0.317 e. The van der Waals surface area contributed by atoms with E-state index in [2.05, 4.69) is 5.32 Å². The van der Waals surface area contributed by atoms with E-state index in [-0.39, 0.29) is 6.03 Å². The van der Waals surface area contributed by atoms with Gasteiger partial charge >= 0.3 is 12.0 Å². The van der Waals surface area contributed by atoms with Crippen LogP contribution < -0.4 is 5.32 Å². The highest BCUT2D eigenvalue weighted by Crippen LogP contribution is 2.31. The number of urea groups is 1. The third-order valence-corrected chi connectivity index (χ3v) is 3.58. The molecule has 2 rings (SSSR count). The van der Waals surface area contributed by atoms with Crippen molar-refractivity contribution < 1.29 is 14.7 Å². The van der Waals surface area contributed by atoms with Crippen LogP contribution in [0.3, 0.4) is 0 Å². The topological polar surface area (TPSA) is 69.6 Å². The van der Waals surface area contributed by atoms with Crippen LogP contribution in [-0.4, -0.2) is 41.1 Å². The van der Waals surface area contributed by atoms with Gasteiger partial charge in [-0.25, -0.2) is 4.79 Å². The zero-order valence-electron chi connectivity index (χ0n) is 9.53. The number of hydrogen-bond donors (Lipinski definition) is 2. The molecule has 0 aromatic carbocycles. The molecule has 0 bridgehead atoms. The second-order valence-corrected chi connectivity index (χ2v) is 5.08. The molecule has 5 nitrogen and oxygen atoms in total. The van der Waals surface area contributed by atoms with Gasteiger partial charge in [0.25, 0.3) is 0 Å². The van der Waals surface area contributed by atoms with E-state index in [0.29, 0.717) is 32.0 Å². The monoisotopic (exact) mass is 226 g/mol. The molecule has 0 radical (unpaired) electrons. The van der Waals surface area contributed by atoms with Crippen LogP contribution in [0.15, 0.2) is 0 Å². The molecule has 1 saturated carbocycles. The lowest BCUT2D eigenvalue weighted by atomic mass is 9.80. The Hall–Kier alpha value is -1.26. The van der Waals surface area contributed by atoms with Crippen molar-refractivity contribution in [3.8, 4) is 0 Å². The van der Waals surface area contributed by atoms with Gasteiger partial charge < -0.3 is 15.3 Å². The van der Waals surface area contributed by atoms with E-state index < -0.39 is 11.4 Å². The third-order valence-electron chi connectivity index (χ3n) is 3.58. The molecule has 1 aliphatic heterocycles. The van der Waals surface area contributed by atoms with Crippen molar-refractivity contribution in [2.75, 3.05) is 13.1 Å². The fraction of sp³-hybridized carbons (Fsp3) is 0.818. The van der Waals surface area contributed by atoms with Crippen molar-refractivity contribution in [1.82, 2.24) is 10.2 Å². The Kier molecular flexibility index (Phi) is 2.78. The van der Waals surface area contributed by atoms with E-state index in [1.165, 1.54) is 0 Å². The standard InChI is InChI=1S/C11H18N2O3/c1-11(9(14)15)4-6-13(7-5-11)10(16)12-8-2-3-8/h8H,2-7H2,1H3,(H,12,16)(H,14,15). The average Bonchev–Trinajstić information content (AvgIpc) is 3.02. The number of aliphatic carboxylic acids is 1. The molecule has 1 saturated heterocycles. The van der Waals surface area contributed by atoms with Crippen LogP contribution in [-0.2, 0) is 4.79 Å². The van der Waals surface area contributed by atoms with Gasteiger partial charge in [-0.15, -0.1) is 0 Å². The maximum Gasteiger partial charge on any atom is 0.317 e. The summed E-state index contributed by atoms with van der Waals surface area (Å²) in [4.78, 5) is 24.4. The van der Waals surface area contributed by atoms with E-state index >= 15 is 0 Å². The van der Waals surface area contributed by atoms with Gasteiger partial charge in [-0.1, -0.05) is 0 Å². The van der Waals surface area contributed by atoms with Crippen LogP contribution in [0.2, 0.25) is 0 Å². The Morgan fingerprint density at radius 2 is 1.88 bits per heavy atom. The number of carboxylic acids is 1. The molecule has 90 valence electrons. The summed E-state index contributed by atoms with van der Waals surface area (Å²) < 4.78 is 0. The van der Waals surface area contributed by atoms with E-state index in [0.717, 1.165) is 12.8 Å².